The van der Waals surface area contributed by atoms with Gasteiger partial charge in [0.15, 0.2) is 0 Å². The highest BCUT2D eigenvalue weighted by Crippen LogP contribution is 2.28. The monoisotopic (exact) mass is 371 g/mol. The number of hydrogen-bond acceptors (Lipinski definition) is 3. The van der Waals surface area contributed by atoms with Gasteiger partial charge in [-0.05, 0) is 37.8 Å². The summed E-state index contributed by atoms with van der Waals surface area (Å²) in [6.45, 7) is 0. The van der Waals surface area contributed by atoms with Gasteiger partial charge in [-0.1, -0.05) is 37.8 Å². The second-order valence-electron chi connectivity index (χ2n) is 7.57. The Balaban J connectivity index is 1.42. The highest BCUT2D eigenvalue weighted by atomic mass is 19.1. The normalized spacial score (nSPS) is 23.4. The average Bonchev–Trinajstić information content (AvgIpc) is 3.36. The molecule has 2 aliphatic carbocycles. The first-order valence-corrected chi connectivity index (χ1v) is 9.96. The van der Waals surface area contributed by atoms with E-state index in [4.69, 9.17) is 4.74 Å². The summed E-state index contributed by atoms with van der Waals surface area (Å²) in [4.78, 5) is 12.7. The Morgan fingerprint density at radius 2 is 1.85 bits per heavy atom. The zero-order chi connectivity index (χ0) is 18.6. The second kappa shape index (κ2) is 8.21. The fraction of sp³-hybridized carbons (Fsp3) is 0.524. The number of aromatic nitrogens is 2. The fourth-order valence-corrected chi connectivity index (χ4v) is 4.16. The lowest BCUT2D eigenvalue weighted by molar-refractivity contribution is -0.0419. The third kappa shape index (κ3) is 4.21. The van der Waals surface area contributed by atoms with Crippen LogP contribution in [0, 0.1) is 5.82 Å². The Labute approximate surface area is 158 Å². The molecule has 0 saturated heterocycles. The molecular weight excluding hydrogens is 345 g/mol. The third-order valence-corrected chi connectivity index (χ3v) is 5.63. The number of benzene rings is 1. The first-order chi connectivity index (χ1) is 13.2. The van der Waals surface area contributed by atoms with E-state index in [1.54, 1.807) is 24.4 Å². The molecular formula is C21H26FN3O2. The van der Waals surface area contributed by atoms with Crippen molar-refractivity contribution < 1.29 is 13.9 Å². The molecule has 2 fully saturated rings. The number of halogens is 1. The van der Waals surface area contributed by atoms with Gasteiger partial charge >= 0.3 is 0 Å². The summed E-state index contributed by atoms with van der Waals surface area (Å²) in [7, 11) is 0. The number of hydrogen-bond donors (Lipinski definition) is 1. The van der Waals surface area contributed by atoms with Crippen LogP contribution in [0.5, 0.6) is 0 Å². The summed E-state index contributed by atoms with van der Waals surface area (Å²) in [6.07, 6.45) is 12.4. The molecule has 6 heteroatoms. The minimum Gasteiger partial charge on any atom is -0.373 e. The minimum atomic E-state index is -0.370. The van der Waals surface area contributed by atoms with Crippen molar-refractivity contribution in [1.82, 2.24) is 15.1 Å². The van der Waals surface area contributed by atoms with Gasteiger partial charge in [-0.3, -0.25) is 4.79 Å². The highest BCUT2D eigenvalue weighted by molar-refractivity contribution is 5.94. The number of nitrogens with one attached hydrogen (secondary N) is 1. The van der Waals surface area contributed by atoms with Crippen LogP contribution >= 0.6 is 0 Å². The van der Waals surface area contributed by atoms with Crippen LogP contribution in [-0.2, 0) is 4.74 Å². The summed E-state index contributed by atoms with van der Waals surface area (Å²) in [6, 6.07) is 6.42. The summed E-state index contributed by atoms with van der Waals surface area (Å²) < 4.78 is 21.6. The van der Waals surface area contributed by atoms with E-state index in [2.05, 4.69) is 10.4 Å². The van der Waals surface area contributed by atoms with Crippen molar-refractivity contribution in [2.75, 3.05) is 0 Å². The molecule has 0 spiro atoms. The van der Waals surface area contributed by atoms with Crippen molar-refractivity contribution in [1.29, 1.82) is 0 Å². The van der Waals surface area contributed by atoms with Crippen molar-refractivity contribution in [3.63, 3.8) is 0 Å². The molecule has 144 valence electrons. The van der Waals surface area contributed by atoms with E-state index in [-0.39, 0.29) is 23.9 Å². The van der Waals surface area contributed by atoms with Gasteiger partial charge in [-0.25, -0.2) is 9.07 Å². The number of carbonyl (C=O) groups excluding carboxylic acids is 1. The maximum atomic E-state index is 13.9. The van der Waals surface area contributed by atoms with Crippen LogP contribution in [-0.4, -0.2) is 33.9 Å². The number of nitrogens with zero attached hydrogens (tertiary/aromatic N) is 2. The quantitative estimate of drug-likeness (QED) is 0.864. The summed E-state index contributed by atoms with van der Waals surface area (Å²) >= 11 is 0. The third-order valence-electron chi connectivity index (χ3n) is 5.63. The van der Waals surface area contributed by atoms with Crippen molar-refractivity contribution in [3.8, 4) is 5.69 Å². The van der Waals surface area contributed by atoms with Gasteiger partial charge in [0.1, 0.15) is 11.5 Å². The van der Waals surface area contributed by atoms with Crippen LogP contribution in [0.4, 0.5) is 4.39 Å². The van der Waals surface area contributed by atoms with Crippen LogP contribution < -0.4 is 5.32 Å². The molecule has 0 radical (unpaired) electrons. The first kappa shape index (κ1) is 18.2. The number of para-hydroxylation sites is 1. The van der Waals surface area contributed by atoms with E-state index in [1.807, 2.05) is 0 Å². The average molecular weight is 371 g/mol. The topological polar surface area (TPSA) is 56.1 Å². The van der Waals surface area contributed by atoms with Gasteiger partial charge in [-0.2, -0.15) is 5.10 Å². The summed E-state index contributed by atoms with van der Waals surface area (Å²) in [5.41, 5.74) is 0.764. The van der Waals surface area contributed by atoms with E-state index < -0.39 is 0 Å². The highest BCUT2D eigenvalue weighted by Gasteiger charge is 2.31. The molecule has 0 aliphatic heterocycles. The molecule has 0 bridgehead atoms. The van der Waals surface area contributed by atoms with Crippen LogP contribution in [0.15, 0.2) is 36.7 Å². The van der Waals surface area contributed by atoms with E-state index in [0.717, 1.165) is 38.5 Å². The van der Waals surface area contributed by atoms with Gasteiger partial charge in [0, 0.05) is 6.20 Å². The standard InChI is InChI=1S/C21H26FN3O2/c22-17-9-3-5-11-19(17)25-14-15(13-23-25)21(26)24-18-10-4-6-12-20(18)27-16-7-1-2-8-16/h3,5,9,11,13-14,16,18,20H,1-2,4,6-8,10,12H2,(H,24,26)/t18-,20-/m1/s1. The molecule has 1 amide bonds. The predicted octanol–water partition coefficient (Wildman–Crippen LogP) is 4.01. The number of carbonyl (C=O) groups is 1. The molecule has 27 heavy (non-hydrogen) atoms. The molecule has 2 saturated carbocycles. The Morgan fingerprint density at radius 1 is 1.11 bits per heavy atom. The lowest BCUT2D eigenvalue weighted by atomic mass is 9.92. The molecule has 1 heterocycles. The van der Waals surface area contributed by atoms with E-state index in [1.165, 1.54) is 29.8 Å². The molecule has 0 unspecified atom stereocenters. The minimum absolute atomic E-state index is 0.0312. The van der Waals surface area contributed by atoms with Crippen molar-refractivity contribution in [2.45, 2.75) is 69.6 Å². The molecule has 2 aliphatic rings. The van der Waals surface area contributed by atoms with Gasteiger partial charge in [0.25, 0.3) is 5.91 Å². The molecule has 2 aromatic rings. The van der Waals surface area contributed by atoms with Crippen LogP contribution in [0.1, 0.15) is 61.7 Å². The molecule has 2 atom stereocenters. The van der Waals surface area contributed by atoms with Crippen molar-refractivity contribution in [2.24, 2.45) is 0 Å². The lowest BCUT2D eigenvalue weighted by Gasteiger charge is -2.34. The SMILES string of the molecule is O=C(N[C@@H]1CCCC[C@H]1OC1CCCC1)c1cnn(-c2ccccc2F)c1. The number of ether oxygens (including phenoxy) is 1. The zero-order valence-corrected chi connectivity index (χ0v) is 15.4. The Bertz CT molecular complexity index is 785. The van der Waals surface area contributed by atoms with E-state index >= 15 is 0 Å². The molecule has 1 aromatic heterocycles. The molecule has 5 nitrogen and oxygen atoms in total. The van der Waals surface area contributed by atoms with Crippen LogP contribution in [0.2, 0.25) is 0 Å². The van der Waals surface area contributed by atoms with Gasteiger partial charge < -0.3 is 10.1 Å². The predicted molar refractivity (Wildman–Crippen MR) is 100 cm³/mol. The maximum absolute atomic E-state index is 13.9. The van der Waals surface area contributed by atoms with Crippen molar-refractivity contribution >= 4 is 5.91 Å². The Morgan fingerprint density at radius 3 is 2.67 bits per heavy atom. The maximum Gasteiger partial charge on any atom is 0.254 e. The van der Waals surface area contributed by atoms with Gasteiger partial charge in [0.2, 0.25) is 0 Å². The molecule has 4 rings (SSSR count). The number of amides is 1. The van der Waals surface area contributed by atoms with E-state index in [9.17, 15) is 9.18 Å². The Hall–Kier alpha value is -2.21. The van der Waals surface area contributed by atoms with E-state index in [0.29, 0.717) is 17.4 Å². The van der Waals surface area contributed by atoms with Gasteiger partial charge in [0.05, 0.1) is 30.0 Å². The Kier molecular flexibility index (Phi) is 5.53. The largest absolute Gasteiger partial charge is 0.373 e. The molecule has 1 aromatic carbocycles. The molecule has 1 N–H and O–H groups in total. The fourth-order valence-electron chi connectivity index (χ4n) is 4.16. The first-order valence-electron chi connectivity index (χ1n) is 9.96. The summed E-state index contributed by atoms with van der Waals surface area (Å²) in [5, 5.41) is 7.28. The number of rotatable bonds is 5. The second-order valence-corrected chi connectivity index (χ2v) is 7.57. The zero-order valence-electron chi connectivity index (χ0n) is 15.4. The van der Waals surface area contributed by atoms with Crippen LogP contribution in [0.3, 0.4) is 0 Å². The summed E-state index contributed by atoms with van der Waals surface area (Å²) in [5.74, 6) is -0.547. The van der Waals surface area contributed by atoms with Crippen molar-refractivity contribution in [3.05, 3.63) is 48.0 Å². The lowest BCUT2D eigenvalue weighted by Crippen LogP contribution is -2.47. The smallest absolute Gasteiger partial charge is 0.254 e. The van der Waals surface area contributed by atoms with Crippen LogP contribution in [0.25, 0.3) is 5.69 Å². The van der Waals surface area contributed by atoms with Gasteiger partial charge in [-0.15, -0.1) is 0 Å².